The zero-order valence-corrected chi connectivity index (χ0v) is 8.72. The van der Waals surface area contributed by atoms with E-state index in [9.17, 15) is 4.79 Å². The average Bonchev–Trinajstić information content (AvgIpc) is 2.52. The average molecular weight is 196 g/mol. The lowest BCUT2D eigenvalue weighted by atomic mass is 9.95. The second-order valence-corrected chi connectivity index (χ2v) is 4.53. The first-order valence-electron chi connectivity index (χ1n) is 5.93. The molecule has 0 aromatic rings. The lowest BCUT2D eigenvalue weighted by Crippen LogP contribution is -2.33. The first kappa shape index (κ1) is 9.81. The van der Waals surface area contributed by atoms with Crippen molar-refractivity contribution in [1.82, 2.24) is 10.6 Å². The topological polar surface area (TPSA) is 41.1 Å². The molecule has 2 N–H and O–H groups in total. The number of urea groups is 1. The summed E-state index contributed by atoms with van der Waals surface area (Å²) in [5, 5.41) is 6.04. The monoisotopic (exact) mass is 196 g/mol. The summed E-state index contributed by atoms with van der Waals surface area (Å²) in [5.74, 6) is 0. The number of hydrogen-bond donors (Lipinski definition) is 2. The van der Waals surface area contributed by atoms with Crippen molar-refractivity contribution in [2.45, 2.75) is 63.5 Å². The third-order valence-electron chi connectivity index (χ3n) is 3.40. The molecule has 2 atom stereocenters. The SMILES string of the molecule is O=C1NC2CCCCCCCCC2N1. The number of fused-ring (bicyclic) bond motifs is 1. The van der Waals surface area contributed by atoms with E-state index in [4.69, 9.17) is 0 Å². The smallest absolute Gasteiger partial charge is 0.315 e. The van der Waals surface area contributed by atoms with Crippen LogP contribution in [0.3, 0.4) is 0 Å². The minimum absolute atomic E-state index is 0.0410. The largest absolute Gasteiger partial charge is 0.333 e. The van der Waals surface area contributed by atoms with Crippen LogP contribution in [0.4, 0.5) is 4.79 Å². The summed E-state index contributed by atoms with van der Waals surface area (Å²) < 4.78 is 0. The number of carbonyl (C=O) groups excluding carboxylic acids is 1. The van der Waals surface area contributed by atoms with Gasteiger partial charge in [0.25, 0.3) is 0 Å². The van der Waals surface area contributed by atoms with Crippen LogP contribution in [-0.4, -0.2) is 18.1 Å². The van der Waals surface area contributed by atoms with E-state index in [0.717, 1.165) is 12.8 Å². The van der Waals surface area contributed by atoms with Gasteiger partial charge in [-0.3, -0.25) is 0 Å². The molecule has 2 unspecified atom stereocenters. The number of amides is 2. The maximum absolute atomic E-state index is 11.2. The van der Waals surface area contributed by atoms with Gasteiger partial charge in [0.1, 0.15) is 0 Å². The van der Waals surface area contributed by atoms with Gasteiger partial charge >= 0.3 is 6.03 Å². The van der Waals surface area contributed by atoms with E-state index in [0.29, 0.717) is 12.1 Å². The number of carbonyl (C=O) groups is 1. The zero-order chi connectivity index (χ0) is 9.80. The molecule has 3 heteroatoms. The van der Waals surface area contributed by atoms with Crippen LogP contribution >= 0.6 is 0 Å². The molecule has 1 saturated carbocycles. The molecule has 2 fully saturated rings. The molecule has 2 aliphatic rings. The van der Waals surface area contributed by atoms with Gasteiger partial charge in [-0.15, -0.1) is 0 Å². The lowest BCUT2D eigenvalue weighted by Gasteiger charge is -2.19. The molecule has 80 valence electrons. The molecule has 1 aliphatic heterocycles. The molecule has 0 aromatic carbocycles. The predicted molar refractivity (Wildman–Crippen MR) is 56.2 cm³/mol. The third-order valence-corrected chi connectivity index (χ3v) is 3.40. The third kappa shape index (κ3) is 2.40. The molecule has 14 heavy (non-hydrogen) atoms. The van der Waals surface area contributed by atoms with E-state index in [1.54, 1.807) is 0 Å². The van der Waals surface area contributed by atoms with Crippen LogP contribution in [0, 0.1) is 0 Å². The van der Waals surface area contributed by atoms with Crippen molar-refractivity contribution in [3.63, 3.8) is 0 Å². The molecule has 3 nitrogen and oxygen atoms in total. The highest BCUT2D eigenvalue weighted by atomic mass is 16.2. The summed E-state index contributed by atoms with van der Waals surface area (Å²) in [7, 11) is 0. The molecule has 0 radical (unpaired) electrons. The van der Waals surface area contributed by atoms with Gasteiger partial charge in [-0.1, -0.05) is 38.5 Å². The first-order valence-corrected chi connectivity index (χ1v) is 5.93. The van der Waals surface area contributed by atoms with Crippen molar-refractivity contribution >= 4 is 6.03 Å². The molecular formula is C11H20N2O. The van der Waals surface area contributed by atoms with E-state index in [2.05, 4.69) is 10.6 Å². The Morgan fingerprint density at radius 2 is 1.21 bits per heavy atom. The fraction of sp³-hybridized carbons (Fsp3) is 0.909. The van der Waals surface area contributed by atoms with Crippen LogP contribution in [0.2, 0.25) is 0 Å². The van der Waals surface area contributed by atoms with E-state index < -0.39 is 0 Å². The van der Waals surface area contributed by atoms with Crippen LogP contribution in [0.15, 0.2) is 0 Å². The van der Waals surface area contributed by atoms with Crippen molar-refractivity contribution in [2.24, 2.45) is 0 Å². The summed E-state index contributed by atoms with van der Waals surface area (Å²) in [6, 6.07) is 0.848. The van der Waals surface area contributed by atoms with Gasteiger partial charge in [0.2, 0.25) is 0 Å². The molecule has 0 aromatic heterocycles. The Hall–Kier alpha value is -0.730. The van der Waals surface area contributed by atoms with Gasteiger partial charge in [0, 0.05) is 0 Å². The van der Waals surface area contributed by atoms with Crippen molar-refractivity contribution in [3.8, 4) is 0 Å². The van der Waals surface area contributed by atoms with Crippen LogP contribution in [0.1, 0.15) is 51.4 Å². The standard InChI is InChI=1S/C11H20N2O/c14-11-12-9-7-5-3-1-2-4-6-8-10(9)13-11/h9-10H,1-8H2,(H2,12,13,14). The summed E-state index contributed by atoms with van der Waals surface area (Å²) in [4.78, 5) is 11.2. The minimum atomic E-state index is 0.0410. The molecule has 2 amide bonds. The predicted octanol–water partition coefficient (Wildman–Crippen LogP) is 2.17. The highest BCUT2D eigenvalue weighted by molar-refractivity contribution is 5.77. The number of nitrogens with one attached hydrogen (secondary N) is 2. The highest BCUT2D eigenvalue weighted by Gasteiger charge is 2.30. The summed E-state index contributed by atoms with van der Waals surface area (Å²) in [6.07, 6.45) is 10.3. The van der Waals surface area contributed by atoms with E-state index in [1.807, 2.05) is 0 Å². The fourth-order valence-corrected chi connectivity index (χ4v) is 2.56. The van der Waals surface area contributed by atoms with Gasteiger partial charge in [0.05, 0.1) is 12.1 Å². The Balaban J connectivity index is 1.89. The second kappa shape index (κ2) is 4.67. The first-order chi connectivity index (χ1) is 6.86. The lowest BCUT2D eigenvalue weighted by molar-refractivity contribution is 0.246. The van der Waals surface area contributed by atoms with Gasteiger partial charge in [0.15, 0.2) is 0 Å². The summed E-state index contributed by atoms with van der Waals surface area (Å²) in [5.41, 5.74) is 0. The normalized spacial score (nSPS) is 34.1. The Kier molecular flexibility index (Phi) is 3.27. The van der Waals surface area contributed by atoms with Gasteiger partial charge in [-0.25, -0.2) is 4.79 Å². The zero-order valence-electron chi connectivity index (χ0n) is 8.72. The summed E-state index contributed by atoms with van der Waals surface area (Å²) >= 11 is 0. The van der Waals surface area contributed by atoms with Crippen LogP contribution in [-0.2, 0) is 0 Å². The number of rotatable bonds is 0. The fourth-order valence-electron chi connectivity index (χ4n) is 2.56. The minimum Gasteiger partial charge on any atom is -0.333 e. The van der Waals surface area contributed by atoms with Crippen molar-refractivity contribution in [1.29, 1.82) is 0 Å². The van der Waals surface area contributed by atoms with Crippen LogP contribution in [0.5, 0.6) is 0 Å². The molecule has 0 spiro atoms. The molecule has 0 bridgehead atoms. The Morgan fingerprint density at radius 1 is 0.786 bits per heavy atom. The van der Waals surface area contributed by atoms with Gasteiger partial charge < -0.3 is 10.6 Å². The molecular weight excluding hydrogens is 176 g/mol. The van der Waals surface area contributed by atoms with Crippen LogP contribution in [0.25, 0.3) is 0 Å². The Labute approximate surface area is 85.6 Å². The molecule has 1 saturated heterocycles. The molecule has 2 rings (SSSR count). The maximum atomic E-state index is 11.2. The van der Waals surface area contributed by atoms with Gasteiger partial charge in [-0.2, -0.15) is 0 Å². The van der Waals surface area contributed by atoms with Crippen molar-refractivity contribution in [3.05, 3.63) is 0 Å². The highest BCUT2D eigenvalue weighted by Crippen LogP contribution is 2.19. The van der Waals surface area contributed by atoms with E-state index in [-0.39, 0.29) is 6.03 Å². The van der Waals surface area contributed by atoms with E-state index >= 15 is 0 Å². The maximum Gasteiger partial charge on any atom is 0.315 e. The molecule has 1 heterocycles. The Bertz CT molecular complexity index is 185. The molecule has 1 aliphatic carbocycles. The number of hydrogen-bond acceptors (Lipinski definition) is 1. The Morgan fingerprint density at radius 3 is 1.71 bits per heavy atom. The summed E-state index contributed by atoms with van der Waals surface area (Å²) in [6.45, 7) is 0. The van der Waals surface area contributed by atoms with E-state index in [1.165, 1.54) is 38.5 Å². The van der Waals surface area contributed by atoms with Crippen molar-refractivity contribution in [2.75, 3.05) is 0 Å². The van der Waals surface area contributed by atoms with Crippen LogP contribution < -0.4 is 10.6 Å². The van der Waals surface area contributed by atoms with Gasteiger partial charge in [-0.05, 0) is 12.8 Å². The quantitative estimate of drug-likeness (QED) is 0.612. The second-order valence-electron chi connectivity index (χ2n) is 4.53. The van der Waals surface area contributed by atoms with Crippen molar-refractivity contribution < 1.29 is 4.79 Å².